The third kappa shape index (κ3) is 2.47. The van der Waals surface area contributed by atoms with Crippen molar-refractivity contribution in [3.05, 3.63) is 23.8 Å². The Morgan fingerprint density at radius 2 is 2.25 bits per heavy atom. The highest BCUT2D eigenvalue weighted by atomic mass is 16.5. The van der Waals surface area contributed by atoms with E-state index < -0.39 is 0 Å². The lowest BCUT2D eigenvalue weighted by molar-refractivity contribution is 0.364. The molecule has 0 unspecified atom stereocenters. The molecule has 0 amide bonds. The van der Waals surface area contributed by atoms with Crippen LogP contribution in [-0.4, -0.2) is 26.7 Å². The third-order valence-corrected chi connectivity index (χ3v) is 3.12. The topological polar surface area (TPSA) is 33.3 Å². The Hall–Kier alpha value is -1.22. The lowest BCUT2D eigenvalue weighted by atomic mass is 10.0. The van der Waals surface area contributed by atoms with Crippen molar-refractivity contribution >= 4 is 5.69 Å². The minimum Gasteiger partial charge on any atom is -0.495 e. The van der Waals surface area contributed by atoms with E-state index in [2.05, 4.69) is 29.7 Å². The zero-order valence-electron chi connectivity index (χ0n) is 10.0. The zero-order valence-corrected chi connectivity index (χ0v) is 10.0. The average molecular weight is 220 g/mol. The molecule has 88 valence electrons. The fourth-order valence-corrected chi connectivity index (χ4v) is 1.86. The predicted octanol–water partition coefficient (Wildman–Crippen LogP) is 1.89. The Morgan fingerprint density at radius 1 is 1.44 bits per heavy atom. The van der Waals surface area contributed by atoms with Gasteiger partial charge in [0.25, 0.3) is 0 Å². The molecule has 3 nitrogen and oxygen atoms in total. The Morgan fingerprint density at radius 3 is 2.81 bits per heavy atom. The second-order valence-electron chi connectivity index (χ2n) is 4.29. The van der Waals surface area contributed by atoms with Crippen molar-refractivity contribution in [3.63, 3.8) is 0 Å². The predicted molar refractivity (Wildman–Crippen MR) is 67.2 cm³/mol. The minimum absolute atomic E-state index is 0.759. The molecule has 0 aromatic heterocycles. The number of anilines is 1. The number of methoxy groups -OCH3 is 1. The lowest BCUT2D eigenvalue weighted by Crippen LogP contribution is -2.45. The number of hydrogen-bond acceptors (Lipinski definition) is 3. The number of ether oxygens (including phenoxy) is 1. The van der Waals surface area contributed by atoms with Crippen molar-refractivity contribution in [2.75, 3.05) is 32.1 Å². The molecule has 1 aliphatic heterocycles. The van der Waals surface area contributed by atoms with E-state index in [1.165, 1.54) is 5.56 Å². The van der Waals surface area contributed by atoms with E-state index in [9.17, 15) is 0 Å². The van der Waals surface area contributed by atoms with Crippen LogP contribution < -0.4 is 15.4 Å². The molecule has 0 atom stereocenters. The maximum Gasteiger partial charge on any atom is 0.141 e. The summed E-state index contributed by atoms with van der Waals surface area (Å²) in [7, 11) is 1.72. The van der Waals surface area contributed by atoms with Crippen LogP contribution in [0.1, 0.15) is 12.5 Å². The standard InChI is InChI=1S/C13H20N2O/c1-3-10-4-5-13(16-2)12(6-10)15-9-11-7-14-8-11/h4-6,11,14-15H,3,7-9H2,1-2H3. The van der Waals surface area contributed by atoms with Gasteiger partial charge in [-0.2, -0.15) is 0 Å². The first-order valence-corrected chi connectivity index (χ1v) is 5.95. The number of hydrogen-bond donors (Lipinski definition) is 2. The van der Waals surface area contributed by atoms with Crippen molar-refractivity contribution in [1.82, 2.24) is 5.32 Å². The van der Waals surface area contributed by atoms with Crippen LogP contribution in [0.4, 0.5) is 5.69 Å². The SMILES string of the molecule is CCc1ccc(OC)c(NCC2CNC2)c1. The van der Waals surface area contributed by atoms with Crippen LogP contribution in [-0.2, 0) is 6.42 Å². The first-order chi connectivity index (χ1) is 7.83. The van der Waals surface area contributed by atoms with Crippen LogP contribution in [0, 0.1) is 5.92 Å². The van der Waals surface area contributed by atoms with E-state index in [1.54, 1.807) is 7.11 Å². The quantitative estimate of drug-likeness (QED) is 0.795. The van der Waals surface area contributed by atoms with Crippen molar-refractivity contribution < 1.29 is 4.74 Å². The molecule has 0 spiro atoms. The normalized spacial score (nSPS) is 15.6. The van der Waals surface area contributed by atoms with Crippen LogP contribution in [0.2, 0.25) is 0 Å². The van der Waals surface area contributed by atoms with Crippen molar-refractivity contribution in [1.29, 1.82) is 0 Å². The van der Waals surface area contributed by atoms with E-state index in [0.717, 1.165) is 43.4 Å². The molecule has 1 fully saturated rings. The number of aryl methyl sites for hydroxylation is 1. The van der Waals surface area contributed by atoms with Gasteiger partial charge in [-0.25, -0.2) is 0 Å². The van der Waals surface area contributed by atoms with E-state index in [4.69, 9.17) is 4.74 Å². The van der Waals surface area contributed by atoms with Gasteiger partial charge >= 0.3 is 0 Å². The smallest absolute Gasteiger partial charge is 0.141 e. The van der Waals surface area contributed by atoms with Crippen molar-refractivity contribution in [2.24, 2.45) is 5.92 Å². The molecule has 2 N–H and O–H groups in total. The summed E-state index contributed by atoms with van der Waals surface area (Å²) >= 11 is 0. The Balaban J connectivity index is 2.03. The summed E-state index contributed by atoms with van der Waals surface area (Å²) in [6, 6.07) is 6.35. The van der Waals surface area contributed by atoms with Gasteiger partial charge in [-0.1, -0.05) is 13.0 Å². The molecule has 3 heteroatoms. The maximum atomic E-state index is 5.35. The number of nitrogens with one attached hydrogen (secondary N) is 2. The van der Waals surface area contributed by atoms with Gasteiger partial charge in [0.15, 0.2) is 0 Å². The fraction of sp³-hybridized carbons (Fsp3) is 0.538. The molecule has 1 aromatic carbocycles. The van der Waals surface area contributed by atoms with Crippen LogP contribution in [0.15, 0.2) is 18.2 Å². The summed E-state index contributed by atoms with van der Waals surface area (Å²) in [5, 5.41) is 6.75. The van der Waals surface area contributed by atoms with Gasteiger partial charge in [0.1, 0.15) is 5.75 Å². The van der Waals surface area contributed by atoms with Gasteiger partial charge in [-0.05, 0) is 24.1 Å². The van der Waals surface area contributed by atoms with Gasteiger partial charge < -0.3 is 15.4 Å². The zero-order chi connectivity index (χ0) is 11.4. The third-order valence-electron chi connectivity index (χ3n) is 3.12. The fourth-order valence-electron chi connectivity index (χ4n) is 1.86. The second kappa shape index (κ2) is 5.21. The van der Waals surface area contributed by atoms with Crippen LogP contribution in [0.5, 0.6) is 5.75 Å². The summed E-state index contributed by atoms with van der Waals surface area (Å²) in [6.07, 6.45) is 1.06. The van der Waals surface area contributed by atoms with Gasteiger partial charge in [0, 0.05) is 25.6 Å². The second-order valence-corrected chi connectivity index (χ2v) is 4.29. The molecule has 2 rings (SSSR count). The summed E-state index contributed by atoms with van der Waals surface area (Å²) in [5.41, 5.74) is 2.46. The summed E-state index contributed by atoms with van der Waals surface area (Å²) in [5.74, 6) is 1.69. The molecule has 0 bridgehead atoms. The molecule has 0 saturated carbocycles. The van der Waals surface area contributed by atoms with E-state index >= 15 is 0 Å². The monoisotopic (exact) mass is 220 g/mol. The molecule has 1 heterocycles. The summed E-state index contributed by atoms with van der Waals surface area (Å²) < 4.78 is 5.35. The van der Waals surface area contributed by atoms with E-state index in [-0.39, 0.29) is 0 Å². The molecular weight excluding hydrogens is 200 g/mol. The van der Waals surface area contributed by atoms with Gasteiger partial charge in [0.05, 0.1) is 12.8 Å². The highest BCUT2D eigenvalue weighted by Crippen LogP contribution is 2.26. The van der Waals surface area contributed by atoms with Crippen molar-refractivity contribution in [3.8, 4) is 5.75 Å². The molecule has 1 aromatic rings. The Bertz CT molecular complexity index is 348. The maximum absolute atomic E-state index is 5.35. The summed E-state index contributed by atoms with van der Waals surface area (Å²) in [6.45, 7) is 5.45. The molecule has 1 aliphatic rings. The highest BCUT2D eigenvalue weighted by Gasteiger charge is 2.16. The number of benzene rings is 1. The first kappa shape index (κ1) is 11.3. The van der Waals surface area contributed by atoms with Crippen molar-refractivity contribution in [2.45, 2.75) is 13.3 Å². The van der Waals surface area contributed by atoms with Crippen LogP contribution in [0.3, 0.4) is 0 Å². The van der Waals surface area contributed by atoms with Gasteiger partial charge in [-0.3, -0.25) is 0 Å². The van der Waals surface area contributed by atoms with E-state index in [1.807, 2.05) is 6.07 Å². The van der Waals surface area contributed by atoms with Gasteiger partial charge in [0.2, 0.25) is 0 Å². The molecule has 1 saturated heterocycles. The van der Waals surface area contributed by atoms with Crippen LogP contribution >= 0.6 is 0 Å². The Kier molecular flexibility index (Phi) is 3.67. The molecular formula is C13H20N2O. The molecule has 16 heavy (non-hydrogen) atoms. The van der Waals surface area contributed by atoms with E-state index in [0.29, 0.717) is 0 Å². The van der Waals surface area contributed by atoms with Crippen LogP contribution in [0.25, 0.3) is 0 Å². The first-order valence-electron chi connectivity index (χ1n) is 5.95. The Labute approximate surface area is 97.2 Å². The summed E-state index contributed by atoms with van der Waals surface area (Å²) in [4.78, 5) is 0. The molecule has 0 aliphatic carbocycles. The highest BCUT2D eigenvalue weighted by molar-refractivity contribution is 5.58. The lowest BCUT2D eigenvalue weighted by Gasteiger charge is -2.28. The average Bonchev–Trinajstić information content (AvgIpc) is 2.26. The number of rotatable bonds is 5. The molecule has 0 radical (unpaired) electrons. The minimum atomic E-state index is 0.759. The largest absolute Gasteiger partial charge is 0.495 e. The van der Waals surface area contributed by atoms with Gasteiger partial charge in [-0.15, -0.1) is 0 Å².